The van der Waals surface area contributed by atoms with Gasteiger partial charge in [-0.3, -0.25) is 4.68 Å². The highest BCUT2D eigenvalue weighted by Crippen LogP contribution is 2.19. The summed E-state index contributed by atoms with van der Waals surface area (Å²) in [5.74, 6) is 0.342. The summed E-state index contributed by atoms with van der Waals surface area (Å²) >= 11 is 7.11. The minimum absolute atomic E-state index is 0.342. The molecule has 1 aliphatic rings. The van der Waals surface area contributed by atoms with Crippen molar-refractivity contribution in [3.05, 3.63) is 34.9 Å². The van der Waals surface area contributed by atoms with E-state index in [4.69, 9.17) is 11.6 Å². The molecule has 3 heterocycles. The summed E-state index contributed by atoms with van der Waals surface area (Å²) in [5.41, 5.74) is 0. The Morgan fingerprint density at radius 1 is 1.42 bits per heavy atom. The number of likely N-dealkylation sites (tertiary alicyclic amines) is 1. The fourth-order valence-electron chi connectivity index (χ4n) is 2.94. The molecule has 0 bridgehead atoms. The van der Waals surface area contributed by atoms with E-state index >= 15 is 0 Å². The van der Waals surface area contributed by atoms with E-state index in [2.05, 4.69) is 14.7 Å². The van der Waals surface area contributed by atoms with Gasteiger partial charge in [-0.05, 0) is 36.8 Å². The number of nitrogens with zero attached hydrogens (tertiary/aromatic N) is 3. The first-order valence-corrected chi connectivity index (χ1v) is 10.7. The molecule has 2 aromatic heterocycles. The smallest absolute Gasteiger partial charge is 0.250 e. The van der Waals surface area contributed by atoms with Crippen molar-refractivity contribution in [3.63, 3.8) is 0 Å². The molecule has 0 saturated carbocycles. The maximum absolute atomic E-state index is 12.2. The van der Waals surface area contributed by atoms with Gasteiger partial charge in [0.2, 0.25) is 10.0 Å². The zero-order valence-electron chi connectivity index (χ0n) is 13.3. The van der Waals surface area contributed by atoms with Crippen molar-refractivity contribution in [3.8, 4) is 0 Å². The summed E-state index contributed by atoms with van der Waals surface area (Å²) in [5, 5.41) is 6.61. The van der Waals surface area contributed by atoms with Gasteiger partial charge in [-0.1, -0.05) is 17.7 Å². The third kappa shape index (κ3) is 4.80. The maximum atomic E-state index is 12.2. The molecule has 1 N–H and O–H groups in total. The van der Waals surface area contributed by atoms with Crippen molar-refractivity contribution in [1.29, 1.82) is 0 Å². The molecule has 0 amide bonds. The van der Waals surface area contributed by atoms with Crippen LogP contribution in [0.5, 0.6) is 0 Å². The van der Waals surface area contributed by atoms with Crippen LogP contribution in [0.1, 0.15) is 12.8 Å². The topological polar surface area (TPSA) is 67.2 Å². The van der Waals surface area contributed by atoms with Crippen molar-refractivity contribution in [2.45, 2.75) is 23.6 Å². The Labute approximate surface area is 151 Å². The molecule has 1 fully saturated rings. The molecule has 0 aromatic carbocycles. The Morgan fingerprint density at radius 2 is 2.29 bits per heavy atom. The number of sulfonamides is 1. The van der Waals surface area contributed by atoms with E-state index in [1.165, 1.54) is 11.3 Å². The third-order valence-corrected chi connectivity index (χ3v) is 7.19. The molecule has 132 valence electrons. The molecule has 24 heavy (non-hydrogen) atoms. The van der Waals surface area contributed by atoms with Gasteiger partial charge in [0.1, 0.15) is 4.21 Å². The molecule has 2 aromatic rings. The van der Waals surface area contributed by atoms with Crippen LogP contribution in [-0.2, 0) is 16.6 Å². The van der Waals surface area contributed by atoms with Crippen LogP contribution in [0.25, 0.3) is 0 Å². The number of halogens is 1. The van der Waals surface area contributed by atoms with E-state index in [9.17, 15) is 8.42 Å². The van der Waals surface area contributed by atoms with Gasteiger partial charge in [0.05, 0.1) is 17.8 Å². The maximum Gasteiger partial charge on any atom is 0.250 e. The quantitative estimate of drug-likeness (QED) is 0.790. The standard InChI is InChI=1S/C15H21ClN4O2S2/c16-14-10-17-20(12-14)7-6-19-5-1-3-13(11-19)9-18-24(21,22)15-4-2-8-23-15/h2,4,8,10,12-13,18H,1,3,5-7,9,11H2/t13-/m0/s1. The van der Waals surface area contributed by atoms with Crippen molar-refractivity contribution < 1.29 is 8.42 Å². The zero-order chi connectivity index (χ0) is 17.0. The first kappa shape index (κ1) is 17.9. The molecule has 1 saturated heterocycles. The minimum Gasteiger partial charge on any atom is -0.301 e. The second-order valence-corrected chi connectivity index (χ2v) is 9.39. The van der Waals surface area contributed by atoms with Crippen molar-refractivity contribution in [1.82, 2.24) is 19.4 Å². The van der Waals surface area contributed by atoms with Crippen LogP contribution in [0, 0.1) is 5.92 Å². The lowest BCUT2D eigenvalue weighted by molar-refractivity contribution is 0.169. The Balaban J connectivity index is 1.47. The summed E-state index contributed by atoms with van der Waals surface area (Å²) in [4.78, 5) is 2.36. The molecule has 0 spiro atoms. The van der Waals surface area contributed by atoms with Crippen molar-refractivity contribution >= 4 is 33.0 Å². The van der Waals surface area contributed by atoms with E-state index in [0.717, 1.165) is 39.0 Å². The Hall–Kier alpha value is -0.930. The molecular formula is C15H21ClN4O2S2. The number of nitrogens with one attached hydrogen (secondary N) is 1. The van der Waals surface area contributed by atoms with Crippen LogP contribution in [0.4, 0.5) is 0 Å². The van der Waals surface area contributed by atoms with Crippen LogP contribution in [0.15, 0.2) is 34.1 Å². The summed E-state index contributed by atoms with van der Waals surface area (Å²) < 4.78 is 29.4. The lowest BCUT2D eigenvalue weighted by atomic mass is 9.98. The summed E-state index contributed by atoms with van der Waals surface area (Å²) in [7, 11) is -3.37. The molecule has 1 aliphatic heterocycles. The van der Waals surface area contributed by atoms with Gasteiger partial charge in [-0.15, -0.1) is 11.3 Å². The fourth-order valence-corrected chi connectivity index (χ4v) is 5.25. The number of thiophene rings is 1. The Kier molecular flexibility index (Phi) is 5.93. The first-order valence-electron chi connectivity index (χ1n) is 7.96. The van der Waals surface area contributed by atoms with Gasteiger partial charge in [-0.25, -0.2) is 13.1 Å². The molecule has 1 atom stereocenters. The van der Waals surface area contributed by atoms with Gasteiger partial charge in [0, 0.05) is 25.8 Å². The van der Waals surface area contributed by atoms with Gasteiger partial charge in [-0.2, -0.15) is 5.10 Å². The molecule has 0 unspecified atom stereocenters. The fraction of sp³-hybridized carbons (Fsp3) is 0.533. The van der Waals surface area contributed by atoms with Crippen LogP contribution in [0.3, 0.4) is 0 Å². The molecule has 0 radical (unpaired) electrons. The normalized spacial score (nSPS) is 19.6. The highest BCUT2D eigenvalue weighted by Gasteiger charge is 2.22. The van der Waals surface area contributed by atoms with E-state index in [1.54, 1.807) is 23.7 Å². The van der Waals surface area contributed by atoms with Gasteiger partial charge < -0.3 is 4.90 Å². The third-order valence-electron chi connectivity index (χ3n) is 4.17. The average Bonchev–Trinajstić information content (AvgIpc) is 3.23. The average molecular weight is 389 g/mol. The first-order chi connectivity index (χ1) is 11.5. The van der Waals surface area contributed by atoms with Crippen LogP contribution >= 0.6 is 22.9 Å². The number of piperidine rings is 1. The predicted molar refractivity (Wildman–Crippen MR) is 95.9 cm³/mol. The second-order valence-electron chi connectivity index (χ2n) is 6.01. The SMILES string of the molecule is O=S(=O)(NC[C@@H]1CCCN(CCn2cc(Cl)cn2)C1)c1cccs1. The highest BCUT2D eigenvalue weighted by molar-refractivity contribution is 7.91. The summed E-state index contributed by atoms with van der Waals surface area (Å²) in [6, 6.07) is 3.39. The largest absolute Gasteiger partial charge is 0.301 e. The lowest BCUT2D eigenvalue weighted by Gasteiger charge is -2.32. The van der Waals surface area contributed by atoms with E-state index < -0.39 is 10.0 Å². The molecule has 3 rings (SSSR count). The molecule has 0 aliphatic carbocycles. The van der Waals surface area contributed by atoms with E-state index in [0.29, 0.717) is 21.7 Å². The number of hydrogen-bond donors (Lipinski definition) is 1. The molecular weight excluding hydrogens is 368 g/mol. The van der Waals surface area contributed by atoms with Crippen molar-refractivity contribution in [2.24, 2.45) is 5.92 Å². The second kappa shape index (κ2) is 7.97. The van der Waals surface area contributed by atoms with Crippen LogP contribution in [-0.4, -0.2) is 49.3 Å². The number of hydrogen-bond acceptors (Lipinski definition) is 5. The summed E-state index contributed by atoms with van der Waals surface area (Å²) in [6.45, 7) is 4.13. The van der Waals surface area contributed by atoms with Crippen LogP contribution < -0.4 is 4.72 Å². The molecule has 6 nitrogen and oxygen atoms in total. The van der Waals surface area contributed by atoms with Gasteiger partial charge in [0.25, 0.3) is 0 Å². The number of rotatable bonds is 7. The van der Waals surface area contributed by atoms with Crippen LogP contribution in [0.2, 0.25) is 5.02 Å². The monoisotopic (exact) mass is 388 g/mol. The lowest BCUT2D eigenvalue weighted by Crippen LogP contribution is -2.42. The Bertz CT molecular complexity index is 745. The predicted octanol–water partition coefficient (Wildman–Crippen LogP) is 2.29. The van der Waals surface area contributed by atoms with E-state index in [1.807, 2.05) is 10.9 Å². The highest BCUT2D eigenvalue weighted by atomic mass is 35.5. The minimum atomic E-state index is -3.37. The van der Waals surface area contributed by atoms with Gasteiger partial charge in [0.15, 0.2) is 0 Å². The zero-order valence-corrected chi connectivity index (χ0v) is 15.7. The summed E-state index contributed by atoms with van der Waals surface area (Å²) in [6.07, 6.45) is 5.60. The molecule has 9 heteroatoms. The van der Waals surface area contributed by atoms with E-state index in [-0.39, 0.29) is 0 Å². The van der Waals surface area contributed by atoms with Crippen molar-refractivity contribution in [2.75, 3.05) is 26.2 Å². The Morgan fingerprint density at radius 3 is 3.00 bits per heavy atom. The number of aromatic nitrogens is 2. The van der Waals surface area contributed by atoms with Gasteiger partial charge >= 0.3 is 0 Å².